The zero-order valence-corrected chi connectivity index (χ0v) is 14.7. The van der Waals surface area contributed by atoms with Crippen molar-refractivity contribution in [3.05, 3.63) is 0 Å². The second-order valence-corrected chi connectivity index (χ2v) is 9.82. The Balaban J connectivity index is 2.02. The van der Waals surface area contributed by atoms with Crippen molar-refractivity contribution in [3.8, 4) is 0 Å². The Morgan fingerprint density at radius 1 is 1.10 bits per heavy atom. The van der Waals surface area contributed by atoms with Gasteiger partial charge in [-0.3, -0.25) is 0 Å². The molecule has 4 heteroatoms. The lowest BCUT2D eigenvalue weighted by Crippen LogP contribution is -2.44. The zero-order valence-electron chi connectivity index (χ0n) is 13.9. The van der Waals surface area contributed by atoms with E-state index in [1.807, 2.05) is 13.8 Å². The van der Waals surface area contributed by atoms with Gasteiger partial charge in [0.15, 0.2) is 0 Å². The van der Waals surface area contributed by atoms with E-state index in [1.54, 1.807) is 0 Å². The summed E-state index contributed by atoms with van der Waals surface area (Å²) < 4.78 is 6.48. The summed E-state index contributed by atoms with van der Waals surface area (Å²) in [5.41, 5.74) is -0.689. The minimum absolute atomic E-state index is 0.184. The van der Waals surface area contributed by atoms with E-state index < -0.39 is 5.60 Å². The van der Waals surface area contributed by atoms with Gasteiger partial charge in [-0.05, 0) is 40.7 Å². The fraction of sp³-hybridized carbons (Fsp3) is 1.00. The Bertz CT molecular complexity index is 354. The van der Waals surface area contributed by atoms with Crippen LogP contribution >= 0.6 is 11.8 Å². The molecule has 2 atom stereocenters. The van der Waals surface area contributed by atoms with Gasteiger partial charge in [-0.2, -0.15) is 11.8 Å². The predicted molar refractivity (Wildman–Crippen MR) is 86.3 cm³/mol. The summed E-state index contributed by atoms with van der Waals surface area (Å²) >= 11 is 2.07. The minimum atomic E-state index is -0.436. The topological polar surface area (TPSA) is 32.7 Å². The molecule has 20 heavy (non-hydrogen) atoms. The van der Waals surface area contributed by atoms with Gasteiger partial charge in [0.05, 0.1) is 17.3 Å². The van der Waals surface area contributed by atoms with Crippen molar-refractivity contribution in [3.63, 3.8) is 0 Å². The van der Waals surface area contributed by atoms with Crippen LogP contribution in [0.4, 0.5) is 0 Å². The Hall–Kier alpha value is 0.230. The van der Waals surface area contributed by atoms with Gasteiger partial charge in [-0.15, -0.1) is 0 Å². The first-order chi connectivity index (χ1) is 9.04. The molecule has 0 aromatic heterocycles. The number of thioether (sulfide) groups is 1. The highest BCUT2D eigenvalue weighted by Crippen LogP contribution is 2.43. The van der Waals surface area contributed by atoms with E-state index in [0.29, 0.717) is 4.75 Å². The molecule has 2 heterocycles. The lowest BCUT2D eigenvalue weighted by Gasteiger charge is -2.32. The van der Waals surface area contributed by atoms with Crippen LogP contribution in [-0.2, 0) is 4.74 Å². The molecule has 2 rings (SSSR count). The molecular formula is C16H31NO2S. The van der Waals surface area contributed by atoms with E-state index in [0.717, 1.165) is 19.6 Å². The highest BCUT2D eigenvalue weighted by atomic mass is 32.2. The molecule has 0 aromatic carbocycles. The number of aliphatic hydroxyl groups excluding tert-OH is 1. The number of hydrogen-bond acceptors (Lipinski definition) is 4. The Labute approximate surface area is 128 Å². The lowest BCUT2D eigenvalue weighted by atomic mass is 9.84. The highest BCUT2D eigenvalue weighted by molar-refractivity contribution is 8.00. The number of hydrogen-bond donors (Lipinski definition) is 1. The molecule has 1 N–H and O–H groups in total. The van der Waals surface area contributed by atoms with Gasteiger partial charge < -0.3 is 14.7 Å². The smallest absolute Gasteiger partial charge is 0.0896 e. The lowest BCUT2D eigenvalue weighted by molar-refractivity contribution is -0.0913. The van der Waals surface area contributed by atoms with Gasteiger partial charge in [-0.25, -0.2) is 0 Å². The van der Waals surface area contributed by atoms with Crippen molar-refractivity contribution in [2.75, 3.05) is 25.4 Å². The van der Waals surface area contributed by atoms with Crippen LogP contribution in [0.15, 0.2) is 0 Å². The summed E-state index contributed by atoms with van der Waals surface area (Å²) in [5.74, 6) is 1.37. The first-order valence-electron chi connectivity index (χ1n) is 7.78. The van der Waals surface area contributed by atoms with Crippen LogP contribution in [0.25, 0.3) is 0 Å². The first kappa shape index (κ1) is 16.6. The van der Waals surface area contributed by atoms with Crippen molar-refractivity contribution in [1.29, 1.82) is 0 Å². The second kappa shape index (κ2) is 5.45. The van der Waals surface area contributed by atoms with E-state index in [1.165, 1.54) is 12.2 Å². The third-order valence-corrected chi connectivity index (χ3v) is 6.27. The summed E-state index contributed by atoms with van der Waals surface area (Å²) in [6, 6.07) is 0. The maximum Gasteiger partial charge on any atom is 0.0896 e. The summed E-state index contributed by atoms with van der Waals surface area (Å²) in [4.78, 5) is 2.52. The quantitative estimate of drug-likeness (QED) is 0.850. The standard InChI is InChI=1S/C16H31NO2S/c1-14(2)7-8-17(9-10-20-14)11-12-13(18)16(5,6)19-15(12,3)4/h12-13,18H,7-11H2,1-6H3. The molecule has 2 unspecified atom stereocenters. The molecular weight excluding hydrogens is 270 g/mol. The fourth-order valence-electron chi connectivity index (χ4n) is 3.52. The normalized spacial score (nSPS) is 36.8. The zero-order chi connectivity index (χ0) is 15.2. The first-order valence-corrected chi connectivity index (χ1v) is 8.77. The van der Waals surface area contributed by atoms with Crippen molar-refractivity contribution >= 4 is 11.8 Å². The summed E-state index contributed by atoms with van der Waals surface area (Å²) in [6.07, 6.45) is 0.826. The molecule has 118 valence electrons. The predicted octanol–water partition coefficient (Wildman–Crippen LogP) is 2.77. The molecule has 0 amide bonds. The summed E-state index contributed by atoms with van der Waals surface area (Å²) in [7, 11) is 0. The molecule has 2 aliphatic rings. The van der Waals surface area contributed by atoms with E-state index in [9.17, 15) is 5.11 Å². The number of aliphatic hydroxyl groups is 1. The molecule has 0 aromatic rings. The van der Waals surface area contributed by atoms with Gasteiger partial charge in [-0.1, -0.05) is 13.8 Å². The third-order valence-electron chi connectivity index (χ3n) is 4.90. The number of ether oxygens (including phenoxy) is 1. The summed E-state index contributed by atoms with van der Waals surface area (Å²) in [5, 5.41) is 10.6. The molecule has 0 saturated carbocycles. The van der Waals surface area contributed by atoms with Gasteiger partial charge >= 0.3 is 0 Å². The SMILES string of the molecule is CC1(C)CCN(CC2C(O)C(C)(C)OC2(C)C)CCS1. The van der Waals surface area contributed by atoms with E-state index in [2.05, 4.69) is 44.4 Å². The number of nitrogens with zero attached hydrogens (tertiary/aromatic N) is 1. The molecule has 2 fully saturated rings. The Kier molecular flexibility index (Phi) is 4.53. The van der Waals surface area contributed by atoms with Gasteiger partial charge in [0.1, 0.15) is 0 Å². The van der Waals surface area contributed by atoms with Gasteiger partial charge in [0, 0.05) is 29.5 Å². The average Bonchev–Trinajstić information content (AvgIpc) is 2.41. The minimum Gasteiger partial charge on any atom is -0.390 e. The Morgan fingerprint density at radius 2 is 1.75 bits per heavy atom. The maximum absolute atomic E-state index is 10.6. The maximum atomic E-state index is 10.6. The van der Waals surface area contributed by atoms with Crippen LogP contribution in [0.1, 0.15) is 48.0 Å². The van der Waals surface area contributed by atoms with Crippen molar-refractivity contribution in [2.24, 2.45) is 5.92 Å². The molecule has 2 saturated heterocycles. The Morgan fingerprint density at radius 3 is 2.30 bits per heavy atom. The van der Waals surface area contributed by atoms with Crippen LogP contribution < -0.4 is 0 Å². The molecule has 0 bridgehead atoms. The third kappa shape index (κ3) is 3.52. The highest BCUT2D eigenvalue weighted by Gasteiger charge is 2.53. The van der Waals surface area contributed by atoms with Crippen LogP contribution in [0.3, 0.4) is 0 Å². The monoisotopic (exact) mass is 301 g/mol. The van der Waals surface area contributed by atoms with E-state index in [-0.39, 0.29) is 17.6 Å². The van der Waals surface area contributed by atoms with Crippen LogP contribution in [0.2, 0.25) is 0 Å². The summed E-state index contributed by atoms with van der Waals surface area (Å²) in [6.45, 7) is 16.1. The van der Waals surface area contributed by atoms with Crippen LogP contribution in [0, 0.1) is 5.92 Å². The van der Waals surface area contributed by atoms with Crippen molar-refractivity contribution in [2.45, 2.75) is 70.0 Å². The van der Waals surface area contributed by atoms with Crippen molar-refractivity contribution < 1.29 is 9.84 Å². The van der Waals surface area contributed by atoms with E-state index in [4.69, 9.17) is 4.74 Å². The number of rotatable bonds is 2. The van der Waals surface area contributed by atoms with Gasteiger partial charge in [0.25, 0.3) is 0 Å². The molecule has 2 aliphatic heterocycles. The second-order valence-electron chi connectivity index (χ2n) is 8.02. The largest absolute Gasteiger partial charge is 0.390 e. The average molecular weight is 301 g/mol. The molecule has 0 spiro atoms. The fourth-order valence-corrected chi connectivity index (χ4v) is 4.66. The van der Waals surface area contributed by atoms with Crippen LogP contribution in [0.5, 0.6) is 0 Å². The molecule has 0 radical (unpaired) electrons. The molecule has 3 nitrogen and oxygen atoms in total. The molecule has 0 aliphatic carbocycles. The van der Waals surface area contributed by atoms with E-state index >= 15 is 0 Å². The van der Waals surface area contributed by atoms with Gasteiger partial charge in [0.2, 0.25) is 0 Å². The van der Waals surface area contributed by atoms with Crippen molar-refractivity contribution in [1.82, 2.24) is 4.90 Å². The van der Waals surface area contributed by atoms with Crippen LogP contribution in [-0.4, -0.2) is 57.4 Å².